The van der Waals surface area contributed by atoms with Crippen molar-refractivity contribution in [3.05, 3.63) is 35.6 Å². The number of carbonyl (C=O) groups is 1. The molecule has 0 unspecified atom stereocenters. The molecule has 2 fully saturated rings. The quantitative estimate of drug-likeness (QED) is 0.918. The predicted octanol–water partition coefficient (Wildman–Crippen LogP) is 2.25. The Morgan fingerprint density at radius 1 is 1.17 bits per heavy atom. The minimum atomic E-state index is -0.192. The monoisotopic (exact) mass is 333 g/mol. The van der Waals surface area contributed by atoms with Crippen LogP contribution in [0.25, 0.3) is 0 Å². The van der Waals surface area contributed by atoms with E-state index in [-0.39, 0.29) is 17.6 Å². The molecular weight excluding hydrogens is 305 g/mol. The van der Waals surface area contributed by atoms with Gasteiger partial charge in [0.1, 0.15) is 5.82 Å². The van der Waals surface area contributed by atoms with Gasteiger partial charge < -0.3 is 10.2 Å². The maximum atomic E-state index is 13.0. The molecule has 1 aromatic carbocycles. The number of rotatable bonds is 4. The molecule has 5 heteroatoms. The van der Waals surface area contributed by atoms with Crippen molar-refractivity contribution >= 4 is 5.91 Å². The van der Waals surface area contributed by atoms with Crippen LogP contribution in [0.3, 0.4) is 0 Å². The first-order chi connectivity index (χ1) is 11.6. The first-order valence-electron chi connectivity index (χ1n) is 9.06. The van der Waals surface area contributed by atoms with Crippen molar-refractivity contribution in [1.82, 2.24) is 15.1 Å². The lowest BCUT2D eigenvalue weighted by Gasteiger charge is -2.34. The summed E-state index contributed by atoms with van der Waals surface area (Å²) in [5, 5.41) is 3.25. The molecule has 2 saturated heterocycles. The Morgan fingerprint density at radius 2 is 1.88 bits per heavy atom. The number of piperidine rings is 2. The molecule has 0 radical (unpaired) electrons. The number of carbonyl (C=O) groups excluding carboxylic acids is 1. The van der Waals surface area contributed by atoms with E-state index >= 15 is 0 Å². The van der Waals surface area contributed by atoms with Crippen LogP contribution in [0.2, 0.25) is 0 Å². The van der Waals surface area contributed by atoms with Crippen LogP contribution in [0.1, 0.15) is 31.2 Å². The Labute approximate surface area is 144 Å². The smallest absolute Gasteiger partial charge is 0.223 e. The van der Waals surface area contributed by atoms with E-state index in [1.807, 2.05) is 12.1 Å². The molecule has 1 aromatic rings. The number of halogens is 1. The zero-order valence-corrected chi connectivity index (χ0v) is 14.5. The van der Waals surface area contributed by atoms with E-state index in [0.29, 0.717) is 6.04 Å². The van der Waals surface area contributed by atoms with Gasteiger partial charge in [-0.2, -0.15) is 0 Å². The third-order valence-electron chi connectivity index (χ3n) is 5.25. The molecule has 4 nitrogen and oxygen atoms in total. The maximum Gasteiger partial charge on any atom is 0.223 e. The number of benzene rings is 1. The summed E-state index contributed by atoms with van der Waals surface area (Å²) in [6.45, 7) is 4.80. The van der Waals surface area contributed by atoms with Crippen LogP contribution < -0.4 is 5.32 Å². The summed E-state index contributed by atoms with van der Waals surface area (Å²) in [6, 6.07) is 7.02. The van der Waals surface area contributed by atoms with Crippen LogP contribution in [0.4, 0.5) is 4.39 Å². The highest BCUT2D eigenvalue weighted by Gasteiger charge is 2.27. The average Bonchev–Trinajstić information content (AvgIpc) is 2.57. The molecule has 0 aliphatic carbocycles. The SMILES string of the molecule is CN1CCC[C@H](NC(=O)C2CCN(Cc3ccc(F)cc3)CC2)C1. The highest BCUT2D eigenvalue weighted by Crippen LogP contribution is 2.20. The summed E-state index contributed by atoms with van der Waals surface area (Å²) in [4.78, 5) is 17.1. The summed E-state index contributed by atoms with van der Waals surface area (Å²) in [5.74, 6) is 0.181. The molecule has 0 spiro atoms. The second kappa shape index (κ2) is 8.08. The zero-order chi connectivity index (χ0) is 16.9. The fourth-order valence-electron chi connectivity index (χ4n) is 3.80. The molecule has 1 amide bonds. The second-order valence-corrected chi connectivity index (χ2v) is 7.29. The Bertz CT molecular complexity index is 540. The molecule has 0 aromatic heterocycles. The largest absolute Gasteiger partial charge is 0.352 e. The van der Waals surface area contributed by atoms with Gasteiger partial charge in [-0.15, -0.1) is 0 Å². The number of nitrogens with zero attached hydrogens (tertiary/aromatic N) is 2. The fraction of sp³-hybridized carbons (Fsp3) is 0.632. The number of nitrogens with one attached hydrogen (secondary N) is 1. The van der Waals surface area contributed by atoms with Gasteiger partial charge in [-0.25, -0.2) is 4.39 Å². The normalized spacial score (nSPS) is 24.0. The number of hydrogen-bond acceptors (Lipinski definition) is 3. The van der Waals surface area contributed by atoms with Crippen molar-refractivity contribution in [2.75, 3.05) is 33.2 Å². The molecule has 132 valence electrons. The van der Waals surface area contributed by atoms with E-state index in [1.165, 1.54) is 12.1 Å². The van der Waals surface area contributed by atoms with Gasteiger partial charge in [0.2, 0.25) is 5.91 Å². The predicted molar refractivity (Wildman–Crippen MR) is 93.1 cm³/mol. The van der Waals surface area contributed by atoms with E-state index in [1.54, 1.807) is 0 Å². The van der Waals surface area contributed by atoms with Crippen molar-refractivity contribution in [1.29, 1.82) is 0 Å². The zero-order valence-electron chi connectivity index (χ0n) is 14.5. The van der Waals surface area contributed by atoms with Gasteiger partial charge >= 0.3 is 0 Å². The van der Waals surface area contributed by atoms with Crippen LogP contribution in [0, 0.1) is 11.7 Å². The third kappa shape index (κ3) is 4.77. The van der Waals surface area contributed by atoms with E-state index < -0.39 is 0 Å². The van der Waals surface area contributed by atoms with Gasteiger partial charge in [0, 0.05) is 25.0 Å². The highest BCUT2D eigenvalue weighted by molar-refractivity contribution is 5.79. The lowest BCUT2D eigenvalue weighted by molar-refractivity contribution is -0.127. The molecular formula is C19H28FN3O. The molecule has 24 heavy (non-hydrogen) atoms. The van der Waals surface area contributed by atoms with Crippen molar-refractivity contribution in [3.63, 3.8) is 0 Å². The molecule has 2 heterocycles. The average molecular weight is 333 g/mol. The van der Waals surface area contributed by atoms with Crippen LogP contribution in [0.15, 0.2) is 24.3 Å². The molecule has 3 rings (SSSR count). The summed E-state index contributed by atoms with van der Waals surface area (Å²) >= 11 is 0. The lowest BCUT2D eigenvalue weighted by Crippen LogP contribution is -2.49. The Morgan fingerprint density at radius 3 is 2.54 bits per heavy atom. The lowest BCUT2D eigenvalue weighted by atomic mass is 9.94. The van der Waals surface area contributed by atoms with Gasteiger partial charge in [-0.3, -0.25) is 9.69 Å². The van der Waals surface area contributed by atoms with E-state index in [4.69, 9.17) is 0 Å². The molecule has 0 bridgehead atoms. The van der Waals surface area contributed by atoms with E-state index in [9.17, 15) is 9.18 Å². The van der Waals surface area contributed by atoms with E-state index in [2.05, 4.69) is 22.2 Å². The van der Waals surface area contributed by atoms with Crippen molar-refractivity contribution in [2.45, 2.75) is 38.3 Å². The fourth-order valence-corrected chi connectivity index (χ4v) is 3.80. The minimum Gasteiger partial charge on any atom is -0.352 e. The van der Waals surface area contributed by atoms with Crippen LogP contribution >= 0.6 is 0 Å². The molecule has 2 aliphatic heterocycles. The summed E-state index contributed by atoms with van der Waals surface area (Å²) in [7, 11) is 2.12. The van der Waals surface area contributed by atoms with Gasteiger partial charge in [-0.05, 0) is 70.1 Å². The Balaban J connectivity index is 1.42. The van der Waals surface area contributed by atoms with Crippen LogP contribution in [0.5, 0.6) is 0 Å². The topological polar surface area (TPSA) is 35.6 Å². The standard InChI is InChI=1S/C19H28FN3O/c1-22-10-2-3-18(14-22)21-19(24)16-8-11-23(12-9-16)13-15-4-6-17(20)7-5-15/h4-7,16,18H,2-3,8-14H2,1H3,(H,21,24)/t18-/m0/s1. The highest BCUT2D eigenvalue weighted by atomic mass is 19.1. The molecule has 1 N–H and O–H groups in total. The third-order valence-corrected chi connectivity index (χ3v) is 5.25. The van der Waals surface area contributed by atoms with Crippen LogP contribution in [-0.2, 0) is 11.3 Å². The number of likely N-dealkylation sites (N-methyl/N-ethyl adjacent to an activating group) is 1. The maximum absolute atomic E-state index is 13.0. The first-order valence-corrected chi connectivity index (χ1v) is 9.06. The minimum absolute atomic E-state index is 0.140. The van der Waals surface area contributed by atoms with Crippen LogP contribution in [-0.4, -0.2) is 55.0 Å². The molecule has 1 atom stereocenters. The summed E-state index contributed by atoms with van der Waals surface area (Å²) in [5.41, 5.74) is 1.13. The van der Waals surface area contributed by atoms with Gasteiger partial charge in [0.25, 0.3) is 0 Å². The Hall–Kier alpha value is -1.46. The summed E-state index contributed by atoms with van der Waals surface area (Å²) in [6.07, 6.45) is 4.09. The van der Waals surface area contributed by atoms with Crippen molar-refractivity contribution < 1.29 is 9.18 Å². The van der Waals surface area contributed by atoms with Crippen molar-refractivity contribution in [3.8, 4) is 0 Å². The molecule has 2 aliphatic rings. The second-order valence-electron chi connectivity index (χ2n) is 7.29. The van der Waals surface area contributed by atoms with Gasteiger partial charge in [0.15, 0.2) is 0 Å². The van der Waals surface area contributed by atoms with Gasteiger partial charge in [-0.1, -0.05) is 12.1 Å². The van der Waals surface area contributed by atoms with Gasteiger partial charge in [0.05, 0.1) is 0 Å². The number of likely N-dealkylation sites (tertiary alicyclic amines) is 2. The van der Waals surface area contributed by atoms with E-state index in [0.717, 1.165) is 64.0 Å². The summed E-state index contributed by atoms with van der Waals surface area (Å²) < 4.78 is 13.0. The first kappa shape index (κ1) is 17.4. The van der Waals surface area contributed by atoms with Crippen molar-refractivity contribution in [2.24, 2.45) is 5.92 Å². The number of amides is 1. The Kier molecular flexibility index (Phi) is 5.85. The number of hydrogen-bond donors (Lipinski definition) is 1. The molecule has 0 saturated carbocycles.